The van der Waals surface area contributed by atoms with E-state index in [-0.39, 0.29) is 18.3 Å². The van der Waals surface area contributed by atoms with Crippen molar-refractivity contribution in [2.45, 2.75) is 19.4 Å². The van der Waals surface area contributed by atoms with E-state index in [1.807, 2.05) is 19.1 Å². The number of benzene rings is 1. The van der Waals surface area contributed by atoms with Gasteiger partial charge in [-0.15, -0.1) is 22.6 Å². The van der Waals surface area contributed by atoms with E-state index >= 15 is 0 Å². The molecular weight excluding hydrogens is 351 g/mol. The highest BCUT2D eigenvalue weighted by Crippen LogP contribution is 2.18. The van der Waals surface area contributed by atoms with E-state index in [1.54, 1.807) is 12.1 Å². The summed E-state index contributed by atoms with van der Waals surface area (Å²) in [4.78, 5) is 13.7. The highest BCUT2D eigenvalue weighted by molar-refractivity contribution is 6.30. The quantitative estimate of drug-likeness (QED) is 0.808. The molecule has 0 bridgehead atoms. The van der Waals surface area contributed by atoms with Gasteiger partial charge >= 0.3 is 0 Å². The molecule has 1 aliphatic heterocycles. The molecule has 7 nitrogen and oxygen atoms in total. The number of carbonyl (C=O) groups is 1. The third-order valence-corrected chi connectivity index (χ3v) is 4.18. The summed E-state index contributed by atoms with van der Waals surface area (Å²) < 4.78 is 0. The standard InChI is InChI=1S/C15H19ClN6O.ClH/c1-2-13(15(23)18-9-10-7-17-8-10)22-20-14(19-21-22)11-3-5-12(16)6-4-11;/h3-6,10,13,17H,2,7-9H2,1H3,(H,18,23);1H. The maximum atomic E-state index is 12.3. The predicted molar refractivity (Wildman–Crippen MR) is 94.2 cm³/mol. The first-order chi connectivity index (χ1) is 11.2. The van der Waals surface area contributed by atoms with E-state index in [4.69, 9.17) is 11.6 Å². The Bertz CT molecular complexity index is 671. The number of nitrogens with zero attached hydrogens (tertiary/aromatic N) is 4. The highest BCUT2D eigenvalue weighted by atomic mass is 35.5. The van der Waals surface area contributed by atoms with Crippen LogP contribution in [0.5, 0.6) is 0 Å². The van der Waals surface area contributed by atoms with Crippen LogP contribution >= 0.6 is 24.0 Å². The van der Waals surface area contributed by atoms with Crippen molar-refractivity contribution >= 4 is 29.9 Å². The Hall–Kier alpha value is -1.70. The first kappa shape index (κ1) is 18.6. The Labute approximate surface area is 151 Å². The molecule has 2 aromatic rings. The van der Waals surface area contributed by atoms with Gasteiger partial charge in [-0.1, -0.05) is 18.5 Å². The molecule has 1 fully saturated rings. The molecule has 1 aromatic carbocycles. The second-order valence-corrected chi connectivity index (χ2v) is 6.07. The van der Waals surface area contributed by atoms with Crippen molar-refractivity contribution in [3.8, 4) is 11.4 Å². The van der Waals surface area contributed by atoms with Crippen molar-refractivity contribution in [3.63, 3.8) is 0 Å². The van der Waals surface area contributed by atoms with Crippen LogP contribution in [-0.4, -0.2) is 45.7 Å². The molecule has 24 heavy (non-hydrogen) atoms. The number of rotatable bonds is 6. The normalized spacial score (nSPS) is 15.2. The number of hydrogen-bond donors (Lipinski definition) is 2. The molecule has 1 unspecified atom stereocenters. The number of hydrogen-bond acceptors (Lipinski definition) is 5. The summed E-state index contributed by atoms with van der Waals surface area (Å²) in [5.74, 6) is 0.931. The van der Waals surface area contributed by atoms with E-state index in [1.165, 1.54) is 4.80 Å². The van der Waals surface area contributed by atoms with E-state index in [0.717, 1.165) is 18.7 Å². The lowest BCUT2D eigenvalue weighted by Gasteiger charge is -2.27. The Balaban J connectivity index is 0.00000208. The van der Waals surface area contributed by atoms with Crippen LogP contribution in [0, 0.1) is 5.92 Å². The number of nitrogens with one attached hydrogen (secondary N) is 2. The molecule has 1 aliphatic rings. The third-order valence-electron chi connectivity index (χ3n) is 3.93. The first-order valence-corrected chi connectivity index (χ1v) is 8.09. The van der Waals surface area contributed by atoms with Crippen LogP contribution in [0.4, 0.5) is 0 Å². The van der Waals surface area contributed by atoms with Crippen LogP contribution in [0.25, 0.3) is 11.4 Å². The molecule has 0 spiro atoms. The average Bonchev–Trinajstić information content (AvgIpc) is 2.97. The molecule has 1 aromatic heterocycles. The van der Waals surface area contributed by atoms with Gasteiger partial charge in [-0.25, -0.2) is 0 Å². The zero-order valence-corrected chi connectivity index (χ0v) is 14.8. The Morgan fingerprint density at radius 2 is 2.12 bits per heavy atom. The van der Waals surface area contributed by atoms with Crippen molar-refractivity contribution < 1.29 is 4.79 Å². The van der Waals surface area contributed by atoms with Gasteiger partial charge in [0, 0.05) is 36.1 Å². The summed E-state index contributed by atoms with van der Waals surface area (Å²) >= 11 is 5.88. The Kier molecular flexibility index (Phi) is 6.53. The summed E-state index contributed by atoms with van der Waals surface area (Å²) in [7, 11) is 0. The molecule has 3 rings (SSSR count). The van der Waals surface area contributed by atoms with Crippen molar-refractivity contribution in [1.29, 1.82) is 0 Å². The number of tetrazole rings is 1. The van der Waals surface area contributed by atoms with Crippen LogP contribution in [0.3, 0.4) is 0 Å². The van der Waals surface area contributed by atoms with Gasteiger partial charge in [-0.3, -0.25) is 4.79 Å². The van der Waals surface area contributed by atoms with Crippen molar-refractivity contribution in [2.75, 3.05) is 19.6 Å². The van der Waals surface area contributed by atoms with Crippen LogP contribution in [0.1, 0.15) is 19.4 Å². The lowest BCUT2D eigenvalue weighted by Crippen LogP contribution is -2.49. The van der Waals surface area contributed by atoms with E-state index < -0.39 is 6.04 Å². The fraction of sp³-hybridized carbons (Fsp3) is 0.467. The van der Waals surface area contributed by atoms with Crippen molar-refractivity contribution in [1.82, 2.24) is 30.8 Å². The van der Waals surface area contributed by atoms with Crippen molar-refractivity contribution in [2.24, 2.45) is 5.92 Å². The summed E-state index contributed by atoms with van der Waals surface area (Å²) in [6.07, 6.45) is 0.602. The molecule has 1 atom stereocenters. The topological polar surface area (TPSA) is 84.7 Å². The number of amides is 1. The summed E-state index contributed by atoms with van der Waals surface area (Å²) in [6.45, 7) is 4.53. The van der Waals surface area contributed by atoms with Crippen LogP contribution < -0.4 is 10.6 Å². The number of halogens is 2. The maximum absolute atomic E-state index is 12.3. The Morgan fingerprint density at radius 3 is 2.71 bits per heavy atom. The summed E-state index contributed by atoms with van der Waals surface area (Å²) in [5.41, 5.74) is 0.816. The first-order valence-electron chi connectivity index (χ1n) is 7.71. The molecule has 2 heterocycles. The van der Waals surface area contributed by atoms with Gasteiger partial charge in [-0.05, 0) is 35.9 Å². The average molecular weight is 371 g/mol. The number of aromatic nitrogens is 4. The van der Waals surface area contributed by atoms with Crippen LogP contribution in [-0.2, 0) is 4.79 Å². The smallest absolute Gasteiger partial charge is 0.246 e. The molecule has 0 radical (unpaired) electrons. The van der Waals surface area contributed by atoms with Gasteiger partial charge in [-0.2, -0.15) is 4.80 Å². The molecule has 2 N–H and O–H groups in total. The highest BCUT2D eigenvalue weighted by Gasteiger charge is 2.24. The molecule has 1 saturated heterocycles. The zero-order chi connectivity index (χ0) is 16.2. The maximum Gasteiger partial charge on any atom is 0.246 e. The van der Waals surface area contributed by atoms with E-state index in [9.17, 15) is 4.79 Å². The minimum absolute atomic E-state index is 0. The Morgan fingerprint density at radius 1 is 1.42 bits per heavy atom. The molecule has 9 heteroatoms. The summed E-state index contributed by atoms with van der Waals surface area (Å²) in [5, 5.41) is 19.2. The monoisotopic (exact) mass is 370 g/mol. The largest absolute Gasteiger partial charge is 0.354 e. The van der Waals surface area contributed by atoms with Crippen LogP contribution in [0.2, 0.25) is 5.02 Å². The SMILES string of the molecule is CCC(C(=O)NCC1CNC1)n1nnc(-c2ccc(Cl)cc2)n1.Cl. The summed E-state index contributed by atoms with van der Waals surface area (Å²) in [6, 6.07) is 6.75. The van der Waals surface area contributed by atoms with Gasteiger partial charge in [0.05, 0.1) is 0 Å². The molecule has 0 saturated carbocycles. The van der Waals surface area contributed by atoms with Gasteiger partial charge in [0.2, 0.25) is 11.7 Å². The minimum Gasteiger partial charge on any atom is -0.354 e. The van der Waals surface area contributed by atoms with E-state index in [0.29, 0.717) is 29.7 Å². The third kappa shape index (κ3) is 4.23. The van der Waals surface area contributed by atoms with E-state index in [2.05, 4.69) is 26.0 Å². The van der Waals surface area contributed by atoms with Crippen molar-refractivity contribution in [3.05, 3.63) is 29.3 Å². The molecule has 1 amide bonds. The van der Waals surface area contributed by atoms with Gasteiger partial charge in [0.15, 0.2) is 6.04 Å². The van der Waals surface area contributed by atoms with Crippen LogP contribution in [0.15, 0.2) is 24.3 Å². The number of carbonyl (C=O) groups excluding carboxylic acids is 1. The van der Waals surface area contributed by atoms with Gasteiger partial charge in [0.25, 0.3) is 0 Å². The second kappa shape index (κ2) is 8.41. The molecule has 130 valence electrons. The predicted octanol–water partition coefficient (Wildman–Crippen LogP) is 1.70. The lowest BCUT2D eigenvalue weighted by atomic mass is 10.0. The lowest BCUT2D eigenvalue weighted by molar-refractivity contribution is -0.125. The molecule has 0 aliphatic carbocycles. The van der Waals surface area contributed by atoms with Gasteiger partial charge in [0.1, 0.15) is 0 Å². The fourth-order valence-corrected chi connectivity index (χ4v) is 2.51. The fourth-order valence-electron chi connectivity index (χ4n) is 2.38. The zero-order valence-electron chi connectivity index (χ0n) is 13.3. The second-order valence-electron chi connectivity index (χ2n) is 5.63. The minimum atomic E-state index is -0.448. The van der Waals surface area contributed by atoms with Gasteiger partial charge < -0.3 is 10.6 Å². The molecular formula is C15H20Cl2N6O.